The van der Waals surface area contributed by atoms with E-state index < -0.39 is 5.60 Å². The van der Waals surface area contributed by atoms with E-state index >= 15 is 0 Å². The number of ether oxygens (including phenoxy) is 1. The zero-order valence-corrected chi connectivity index (χ0v) is 14.4. The number of likely N-dealkylation sites (N-methyl/N-ethyl adjacent to an activating group) is 1. The Labute approximate surface area is 142 Å². The second kappa shape index (κ2) is 7.93. The number of benzene rings is 1. The van der Waals surface area contributed by atoms with Gasteiger partial charge in [-0.05, 0) is 57.2 Å². The third kappa shape index (κ3) is 5.35. The Bertz CT molecular complexity index is 649. The molecular weight excluding hydrogens is 304 g/mol. The number of pyridine rings is 1. The number of amides is 1. The van der Waals surface area contributed by atoms with Gasteiger partial charge >= 0.3 is 0 Å². The Kier molecular flexibility index (Phi) is 5.93. The highest BCUT2D eigenvalue weighted by Gasteiger charge is 2.22. The van der Waals surface area contributed by atoms with Crippen molar-refractivity contribution in [2.24, 2.45) is 0 Å². The quantitative estimate of drug-likeness (QED) is 0.849. The molecule has 0 fully saturated rings. The van der Waals surface area contributed by atoms with Crippen molar-refractivity contribution < 1.29 is 14.6 Å². The molecule has 0 bridgehead atoms. The molecule has 128 valence electrons. The number of aromatic nitrogens is 1. The average Bonchev–Trinajstić information content (AvgIpc) is 2.58. The number of carbonyl (C=O) groups excluding carboxylic acids is 1. The Morgan fingerprint density at radius 1 is 1.21 bits per heavy atom. The minimum absolute atomic E-state index is 0.101. The number of carbonyl (C=O) groups is 1. The minimum atomic E-state index is -0.919. The van der Waals surface area contributed by atoms with Crippen LogP contribution in [0.5, 0.6) is 5.75 Å². The summed E-state index contributed by atoms with van der Waals surface area (Å²) in [5.74, 6) is 0.582. The highest BCUT2D eigenvalue weighted by atomic mass is 16.5. The fraction of sp³-hybridized carbons (Fsp3) is 0.368. The zero-order valence-electron chi connectivity index (χ0n) is 14.4. The largest absolute Gasteiger partial charge is 0.487 e. The predicted octanol–water partition coefficient (Wildman–Crippen LogP) is 2.89. The first-order chi connectivity index (χ1) is 11.4. The van der Waals surface area contributed by atoms with Gasteiger partial charge in [0.2, 0.25) is 0 Å². The van der Waals surface area contributed by atoms with Crippen LogP contribution in [0.2, 0.25) is 0 Å². The van der Waals surface area contributed by atoms with Crippen LogP contribution < -0.4 is 4.74 Å². The fourth-order valence-electron chi connectivity index (χ4n) is 2.31. The van der Waals surface area contributed by atoms with Gasteiger partial charge in [0.25, 0.3) is 5.91 Å². The van der Waals surface area contributed by atoms with Gasteiger partial charge in [0.1, 0.15) is 12.4 Å². The van der Waals surface area contributed by atoms with E-state index in [1.54, 1.807) is 49.2 Å². The standard InChI is InChI=1S/C19H24N2O3/c1-4-21(14-19(2,3)23)18(22)15-8-10-17(11-9-15)24-13-16-7-5-6-12-20-16/h5-12,23H,4,13-14H2,1-3H3. The van der Waals surface area contributed by atoms with E-state index in [1.165, 1.54) is 0 Å². The molecule has 1 aromatic heterocycles. The van der Waals surface area contributed by atoms with E-state index in [9.17, 15) is 9.90 Å². The van der Waals surface area contributed by atoms with Gasteiger partial charge in [-0.25, -0.2) is 0 Å². The average molecular weight is 328 g/mol. The molecule has 0 aliphatic rings. The normalized spacial score (nSPS) is 11.2. The van der Waals surface area contributed by atoms with Crippen LogP contribution >= 0.6 is 0 Å². The minimum Gasteiger partial charge on any atom is -0.487 e. The Morgan fingerprint density at radius 2 is 1.92 bits per heavy atom. The summed E-state index contributed by atoms with van der Waals surface area (Å²) in [4.78, 5) is 18.3. The summed E-state index contributed by atoms with van der Waals surface area (Å²) < 4.78 is 5.67. The maximum absolute atomic E-state index is 12.5. The predicted molar refractivity (Wildman–Crippen MR) is 92.9 cm³/mol. The lowest BCUT2D eigenvalue weighted by atomic mass is 10.1. The lowest BCUT2D eigenvalue weighted by Gasteiger charge is -2.28. The summed E-state index contributed by atoms with van der Waals surface area (Å²) in [5, 5.41) is 9.92. The zero-order chi connectivity index (χ0) is 17.6. The number of nitrogens with zero attached hydrogens (tertiary/aromatic N) is 2. The molecule has 0 aliphatic heterocycles. The summed E-state index contributed by atoms with van der Waals surface area (Å²) in [6.07, 6.45) is 1.72. The number of rotatable bonds is 7. The van der Waals surface area contributed by atoms with E-state index in [-0.39, 0.29) is 5.91 Å². The van der Waals surface area contributed by atoms with Gasteiger partial charge in [-0.15, -0.1) is 0 Å². The Balaban J connectivity index is 1.98. The van der Waals surface area contributed by atoms with E-state index in [4.69, 9.17) is 4.74 Å². The van der Waals surface area contributed by atoms with Crippen LogP contribution in [0.4, 0.5) is 0 Å². The van der Waals surface area contributed by atoms with Crippen molar-refractivity contribution in [3.8, 4) is 5.75 Å². The second-order valence-electron chi connectivity index (χ2n) is 6.27. The molecule has 5 nitrogen and oxygen atoms in total. The SMILES string of the molecule is CCN(CC(C)(C)O)C(=O)c1ccc(OCc2ccccn2)cc1. The smallest absolute Gasteiger partial charge is 0.253 e. The molecule has 0 radical (unpaired) electrons. The van der Waals surface area contributed by atoms with Gasteiger partial charge in [0.05, 0.1) is 11.3 Å². The molecule has 1 amide bonds. The van der Waals surface area contributed by atoms with E-state index in [0.717, 1.165) is 5.69 Å². The van der Waals surface area contributed by atoms with Crippen molar-refractivity contribution in [2.45, 2.75) is 33.0 Å². The highest BCUT2D eigenvalue weighted by molar-refractivity contribution is 5.94. The summed E-state index contributed by atoms with van der Waals surface area (Å²) in [7, 11) is 0. The maximum atomic E-state index is 12.5. The van der Waals surface area contributed by atoms with E-state index in [0.29, 0.717) is 31.0 Å². The van der Waals surface area contributed by atoms with Crippen LogP contribution in [0.3, 0.4) is 0 Å². The highest BCUT2D eigenvalue weighted by Crippen LogP contribution is 2.16. The molecule has 5 heteroatoms. The van der Waals surface area contributed by atoms with Gasteiger partial charge < -0.3 is 14.7 Å². The fourth-order valence-corrected chi connectivity index (χ4v) is 2.31. The first kappa shape index (κ1) is 17.9. The van der Waals surface area contributed by atoms with Crippen molar-refractivity contribution in [1.29, 1.82) is 0 Å². The van der Waals surface area contributed by atoms with Crippen molar-refractivity contribution in [2.75, 3.05) is 13.1 Å². The molecule has 1 aromatic carbocycles. The van der Waals surface area contributed by atoms with Crippen LogP contribution in [0.1, 0.15) is 36.8 Å². The number of hydrogen-bond donors (Lipinski definition) is 1. The first-order valence-electron chi connectivity index (χ1n) is 8.03. The van der Waals surface area contributed by atoms with Crippen LogP contribution in [0, 0.1) is 0 Å². The van der Waals surface area contributed by atoms with Crippen LogP contribution in [0.15, 0.2) is 48.7 Å². The summed E-state index contributed by atoms with van der Waals surface area (Å²) >= 11 is 0. The van der Waals surface area contributed by atoms with Crippen LogP contribution in [-0.2, 0) is 6.61 Å². The maximum Gasteiger partial charge on any atom is 0.253 e. The van der Waals surface area contributed by atoms with Gasteiger partial charge in [-0.3, -0.25) is 9.78 Å². The van der Waals surface area contributed by atoms with Crippen molar-refractivity contribution in [3.63, 3.8) is 0 Å². The molecule has 0 saturated heterocycles. The van der Waals surface area contributed by atoms with E-state index in [2.05, 4.69) is 4.98 Å². The second-order valence-corrected chi connectivity index (χ2v) is 6.27. The van der Waals surface area contributed by atoms with Crippen LogP contribution in [0.25, 0.3) is 0 Å². The lowest BCUT2D eigenvalue weighted by Crippen LogP contribution is -2.42. The third-order valence-corrected chi connectivity index (χ3v) is 3.46. The molecule has 0 spiro atoms. The van der Waals surface area contributed by atoms with Gasteiger partial charge in [-0.2, -0.15) is 0 Å². The summed E-state index contributed by atoms with van der Waals surface area (Å²) in [6.45, 7) is 6.50. The molecule has 24 heavy (non-hydrogen) atoms. The monoisotopic (exact) mass is 328 g/mol. The molecular formula is C19H24N2O3. The molecule has 1 heterocycles. The summed E-state index contributed by atoms with van der Waals surface area (Å²) in [5.41, 5.74) is 0.503. The van der Waals surface area contributed by atoms with Crippen molar-refractivity contribution in [1.82, 2.24) is 9.88 Å². The Morgan fingerprint density at radius 3 is 2.46 bits per heavy atom. The van der Waals surface area contributed by atoms with Gasteiger partial charge in [0.15, 0.2) is 0 Å². The van der Waals surface area contributed by atoms with Gasteiger partial charge in [-0.1, -0.05) is 6.07 Å². The summed E-state index contributed by atoms with van der Waals surface area (Å²) in [6, 6.07) is 12.7. The molecule has 2 aromatic rings. The first-order valence-corrected chi connectivity index (χ1v) is 8.03. The number of aliphatic hydroxyl groups is 1. The lowest BCUT2D eigenvalue weighted by molar-refractivity contribution is 0.0314. The number of hydrogen-bond acceptors (Lipinski definition) is 4. The topological polar surface area (TPSA) is 62.7 Å². The van der Waals surface area contributed by atoms with Gasteiger partial charge in [0, 0.05) is 24.8 Å². The molecule has 1 N–H and O–H groups in total. The van der Waals surface area contributed by atoms with Crippen molar-refractivity contribution >= 4 is 5.91 Å². The molecule has 2 rings (SSSR count). The van der Waals surface area contributed by atoms with Crippen molar-refractivity contribution in [3.05, 3.63) is 59.9 Å². The van der Waals surface area contributed by atoms with E-state index in [1.807, 2.05) is 25.1 Å². The Hall–Kier alpha value is -2.40. The molecule has 0 atom stereocenters. The molecule has 0 saturated carbocycles. The molecule has 0 unspecified atom stereocenters. The third-order valence-electron chi connectivity index (χ3n) is 3.46. The molecule has 0 aliphatic carbocycles. The van der Waals surface area contributed by atoms with Crippen LogP contribution in [-0.4, -0.2) is 39.6 Å².